The second kappa shape index (κ2) is 5.92. The maximum atomic E-state index is 10.6. The summed E-state index contributed by atoms with van der Waals surface area (Å²) in [6, 6.07) is 6.90. The quantitative estimate of drug-likeness (QED) is 0.450. The van der Waals surface area contributed by atoms with E-state index in [-0.39, 0.29) is 10.6 Å². The Morgan fingerprint density at radius 3 is 2.25 bits per heavy atom. The molecule has 1 aromatic rings. The van der Waals surface area contributed by atoms with Gasteiger partial charge in [-0.05, 0) is 68.5 Å². The zero-order chi connectivity index (χ0) is 13.9. The third kappa shape index (κ3) is 3.57. The SMILES string of the molecule is O=[N+]([O-])c1ccc(CCNCC(C2CC2)C2CC2)cc1. The normalized spacial score (nSPS) is 18.4. The summed E-state index contributed by atoms with van der Waals surface area (Å²) in [4.78, 5) is 10.2. The number of hydrogen-bond acceptors (Lipinski definition) is 3. The first kappa shape index (κ1) is 13.6. The predicted molar refractivity (Wildman–Crippen MR) is 78.6 cm³/mol. The van der Waals surface area contributed by atoms with E-state index < -0.39 is 0 Å². The lowest BCUT2D eigenvalue weighted by Crippen LogP contribution is -2.27. The van der Waals surface area contributed by atoms with E-state index in [1.165, 1.54) is 25.7 Å². The molecule has 108 valence electrons. The second-order valence-electron chi connectivity index (χ2n) is 6.22. The van der Waals surface area contributed by atoms with E-state index in [1.54, 1.807) is 12.1 Å². The topological polar surface area (TPSA) is 55.2 Å². The van der Waals surface area contributed by atoms with E-state index in [0.29, 0.717) is 0 Å². The van der Waals surface area contributed by atoms with Gasteiger partial charge in [0.25, 0.3) is 5.69 Å². The van der Waals surface area contributed by atoms with Crippen molar-refractivity contribution in [1.82, 2.24) is 5.32 Å². The van der Waals surface area contributed by atoms with Crippen LogP contribution in [-0.2, 0) is 6.42 Å². The molecular formula is C16H22N2O2. The highest BCUT2D eigenvalue weighted by atomic mass is 16.6. The van der Waals surface area contributed by atoms with Crippen molar-refractivity contribution in [2.75, 3.05) is 13.1 Å². The molecule has 0 spiro atoms. The van der Waals surface area contributed by atoms with E-state index in [9.17, 15) is 10.1 Å². The minimum atomic E-state index is -0.349. The van der Waals surface area contributed by atoms with Crippen LogP contribution in [0, 0.1) is 27.9 Å². The molecule has 0 atom stereocenters. The molecule has 0 unspecified atom stereocenters. The smallest absolute Gasteiger partial charge is 0.269 e. The first-order valence-corrected chi connectivity index (χ1v) is 7.68. The Morgan fingerprint density at radius 1 is 1.15 bits per heavy atom. The molecule has 0 radical (unpaired) electrons. The highest BCUT2D eigenvalue weighted by molar-refractivity contribution is 5.32. The lowest BCUT2D eigenvalue weighted by atomic mass is 9.98. The van der Waals surface area contributed by atoms with Crippen LogP contribution in [0.4, 0.5) is 5.69 Å². The lowest BCUT2D eigenvalue weighted by Gasteiger charge is -2.16. The van der Waals surface area contributed by atoms with Crippen LogP contribution in [0.5, 0.6) is 0 Å². The zero-order valence-electron chi connectivity index (χ0n) is 11.8. The van der Waals surface area contributed by atoms with Gasteiger partial charge in [-0.25, -0.2) is 0 Å². The molecule has 4 heteroatoms. The minimum absolute atomic E-state index is 0.171. The van der Waals surface area contributed by atoms with Crippen molar-refractivity contribution < 1.29 is 4.92 Å². The first-order valence-electron chi connectivity index (χ1n) is 7.68. The monoisotopic (exact) mass is 274 g/mol. The number of nitro groups is 1. The van der Waals surface area contributed by atoms with Crippen LogP contribution in [0.3, 0.4) is 0 Å². The van der Waals surface area contributed by atoms with Gasteiger partial charge < -0.3 is 5.32 Å². The van der Waals surface area contributed by atoms with E-state index in [2.05, 4.69) is 5.32 Å². The van der Waals surface area contributed by atoms with Crippen LogP contribution >= 0.6 is 0 Å². The van der Waals surface area contributed by atoms with Gasteiger partial charge in [0.2, 0.25) is 0 Å². The Bertz CT molecular complexity index is 452. The van der Waals surface area contributed by atoms with Gasteiger partial charge in [0.05, 0.1) is 4.92 Å². The summed E-state index contributed by atoms with van der Waals surface area (Å²) in [6.45, 7) is 2.12. The van der Waals surface area contributed by atoms with E-state index in [1.807, 2.05) is 12.1 Å². The Labute approximate surface area is 119 Å². The summed E-state index contributed by atoms with van der Waals surface area (Å²) in [5.41, 5.74) is 1.33. The van der Waals surface area contributed by atoms with Gasteiger partial charge in [-0.1, -0.05) is 12.1 Å². The van der Waals surface area contributed by atoms with Crippen LogP contribution < -0.4 is 5.32 Å². The Kier molecular flexibility index (Phi) is 4.01. The number of nitrogens with one attached hydrogen (secondary N) is 1. The third-order valence-corrected chi connectivity index (χ3v) is 4.57. The number of nitrogens with zero attached hydrogens (tertiary/aromatic N) is 1. The molecule has 0 bridgehead atoms. The number of nitro benzene ring substituents is 1. The fraction of sp³-hybridized carbons (Fsp3) is 0.625. The van der Waals surface area contributed by atoms with Crippen molar-refractivity contribution in [3.8, 4) is 0 Å². The van der Waals surface area contributed by atoms with Gasteiger partial charge in [-0.3, -0.25) is 10.1 Å². The number of rotatable bonds is 8. The van der Waals surface area contributed by atoms with E-state index in [0.717, 1.165) is 42.8 Å². The standard InChI is InChI=1S/C16H22N2O2/c19-18(20)15-7-1-12(2-8-15)9-10-17-11-16(13-3-4-13)14-5-6-14/h1-2,7-8,13-14,16-17H,3-6,9-11H2. The molecule has 0 saturated heterocycles. The van der Waals surface area contributed by atoms with Crippen molar-refractivity contribution in [1.29, 1.82) is 0 Å². The van der Waals surface area contributed by atoms with Gasteiger partial charge in [-0.15, -0.1) is 0 Å². The Hall–Kier alpha value is -1.42. The summed E-state index contributed by atoms with van der Waals surface area (Å²) < 4.78 is 0. The van der Waals surface area contributed by atoms with Gasteiger partial charge in [-0.2, -0.15) is 0 Å². The average molecular weight is 274 g/mol. The first-order chi connectivity index (χ1) is 9.74. The fourth-order valence-electron chi connectivity index (χ4n) is 3.05. The molecule has 1 N–H and O–H groups in total. The lowest BCUT2D eigenvalue weighted by molar-refractivity contribution is -0.384. The summed E-state index contributed by atoms with van der Waals surface area (Å²) in [7, 11) is 0. The highest BCUT2D eigenvalue weighted by Gasteiger charge is 2.40. The molecule has 0 aromatic heterocycles. The largest absolute Gasteiger partial charge is 0.316 e. The van der Waals surface area contributed by atoms with Crippen molar-refractivity contribution in [2.45, 2.75) is 32.1 Å². The summed E-state index contributed by atoms with van der Waals surface area (Å²) in [6.07, 6.45) is 6.69. The van der Waals surface area contributed by atoms with Gasteiger partial charge in [0, 0.05) is 12.1 Å². The van der Waals surface area contributed by atoms with Crippen LogP contribution in [0.2, 0.25) is 0 Å². The molecule has 0 heterocycles. The molecule has 0 amide bonds. The number of non-ortho nitro benzene ring substituents is 1. The number of benzene rings is 1. The van der Waals surface area contributed by atoms with E-state index >= 15 is 0 Å². The average Bonchev–Trinajstić information content (AvgIpc) is 3.32. The third-order valence-electron chi connectivity index (χ3n) is 4.57. The van der Waals surface area contributed by atoms with Gasteiger partial charge in [0.15, 0.2) is 0 Å². The van der Waals surface area contributed by atoms with Crippen LogP contribution in [0.15, 0.2) is 24.3 Å². The van der Waals surface area contributed by atoms with Crippen LogP contribution in [0.1, 0.15) is 31.2 Å². The summed E-state index contributed by atoms with van der Waals surface area (Å²) >= 11 is 0. The molecule has 2 fully saturated rings. The van der Waals surface area contributed by atoms with Gasteiger partial charge >= 0.3 is 0 Å². The van der Waals surface area contributed by atoms with Gasteiger partial charge in [0.1, 0.15) is 0 Å². The maximum absolute atomic E-state index is 10.6. The Morgan fingerprint density at radius 2 is 1.75 bits per heavy atom. The molecule has 0 aliphatic heterocycles. The molecule has 4 nitrogen and oxygen atoms in total. The number of hydrogen-bond donors (Lipinski definition) is 1. The second-order valence-corrected chi connectivity index (χ2v) is 6.22. The molecule has 2 aliphatic rings. The van der Waals surface area contributed by atoms with Crippen LogP contribution in [-0.4, -0.2) is 18.0 Å². The summed E-state index contributed by atoms with van der Waals surface area (Å²) in [5, 5.41) is 14.2. The molecule has 1 aromatic carbocycles. The highest BCUT2D eigenvalue weighted by Crippen LogP contribution is 2.48. The summed E-state index contributed by atoms with van der Waals surface area (Å²) in [5.74, 6) is 2.90. The fourth-order valence-corrected chi connectivity index (χ4v) is 3.05. The Balaban J connectivity index is 1.39. The predicted octanol–water partition coefficient (Wildman–Crippen LogP) is 3.16. The van der Waals surface area contributed by atoms with Crippen molar-refractivity contribution in [2.24, 2.45) is 17.8 Å². The minimum Gasteiger partial charge on any atom is -0.316 e. The van der Waals surface area contributed by atoms with E-state index in [4.69, 9.17) is 0 Å². The van der Waals surface area contributed by atoms with Crippen molar-refractivity contribution >= 4 is 5.69 Å². The van der Waals surface area contributed by atoms with Crippen molar-refractivity contribution in [3.63, 3.8) is 0 Å². The molecule has 3 rings (SSSR count). The maximum Gasteiger partial charge on any atom is 0.269 e. The molecular weight excluding hydrogens is 252 g/mol. The molecule has 2 aliphatic carbocycles. The zero-order valence-corrected chi connectivity index (χ0v) is 11.8. The van der Waals surface area contributed by atoms with Crippen LogP contribution in [0.25, 0.3) is 0 Å². The van der Waals surface area contributed by atoms with Crippen molar-refractivity contribution in [3.05, 3.63) is 39.9 Å². The molecule has 2 saturated carbocycles. The molecule has 20 heavy (non-hydrogen) atoms.